The molecule has 0 atom stereocenters. The van der Waals surface area contributed by atoms with E-state index in [2.05, 4.69) is 109 Å². The van der Waals surface area contributed by atoms with Crippen LogP contribution in [0.1, 0.15) is 0 Å². The van der Waals surface area contributed by atoms with Crippen molar-refractivity contribution in [2.24, 2.45) is 0 Å². The van der Waals surface area contributed by atoms with Crippen LogP contribution in [0.15, 0.2) is 127 Å². The molecule has 0 aliphatic heterocycles. The highest BCUT2D eigenvalue weighted by Gasteiger charge is 2.16. The molecule has 8 rings (SSSR count). The van der Waals surface area contributed by atoms with Crippen LogP contribution in [0.3, 0.4) is 0 Å². The maximum Gasteiger partial charge on any atom is 0.0794 e. The van der Waals surface area contributed by atoms with Crippen LogP contribution in [0.4, 0.5) is 0 Å². The third-order valence-electron chi connectivity index (χ3n) is 7.68. The molecule has 0 aliphatic carbocycles. The number of hydrogen-bond donors (Lipinski definition) is 0. The van der Waals surface area contributed by atoms with E-state index in [1.54, 1.807) is 0 Å². The van der Waals surface area contributed by atoms with Gasteiger partial charge in [-0.15, -0.1) is 0 Å². The van der Waals surface area contributed by atoms with Gasteiger partial charge in [-0.2, -0.15) is 0 Å². The van der Waals surface area contributed by atoms with E-state index in [1.807, 2.05) is 18.2 Å². The summed E-state index contributed by atoms with van der Waals surface area (Å²) in [5, 5.41) is 10.0. The molecular formula is C36H21ClN2. The van der Waals surface area contributed by atoms with Gasteiger partial charge in [-0.25, -0.2) is 9.97 Å². The van der Waals surface area contributed by atoms with Crippen LogP contribution in [-0.2, 0) is 0 Å². The van der Waals surface area contributed by atoms with Crippen LogP contribution in [0.5, 0.6) is 0 Å². The Labute approximate surface area is 230 Å². The van der Waals surface area contributed by atoms with Crippen LogP contribution in [0.2, 0.25) is 5.02 Å². The summed E-state index contributed by atoms with van der Waals surface area (Å²) in [6.07, 6.45) is 0. The quantitative estimate of drug-likeness (QED) is 0.213. The lowest BCUT2D eigenvalue weighted by molar-refractivity contribution is 1.41. The average Bonchev–Trinajstić information content (AvgIpc) is 3.00. The number of rotatable bonds is 2. The fourth-order valence-electron chi connectivity index (χ4n) is 5.91. The Balaban J connectivity index is 1.44. The molecule has 2 nitrogen and oxygen atoms in total. The highest BCUT2D eigenvalue weighted by atomic mass is 35.5. The van der Waals surface area contributed by atoms with Crippen LogP contribution in [0.25, 0.3) is 76.6 Å². The van der Waals surface area contributed by atoms with E-state index in [9.17, 15) is 0 Å². The molecule has 0 saturated carbocycles. The zero-order chi connectivity index (χ0) is 25.9. The topological polar surface area (TPSA) is 25.8 Å². The predicted octanol–water partition coefficient (Wildman–Crippen LogP) is 10.2. The summed E-state index contributed by atoms with van der Waals surface area (Å²) in [5.74, 6) is 0. The molecule has 0 unspecified atom stereocenters. The first kappa shape index (κ1) is 22.2. The molecule has 0 N–H and O–H groups in total. The number of fused-ring (bicyclic) bond motifs is 8. The first-order valence-electron chi connectivity index (χ1n) is 13.0. The lowest BCUT2D eigenvalue weighted by atomic mass is 9.94. The van der Waals surface area contributed by atoms with Crippen molar-refractivity contribution in [2.75, 3.05) is 0 Å². The normalized spacial score (nSPS) is 11.7. The highest BCUT2D eigenvalue weighted by molar-refractivity contribution is 6.32. The van der Waals surface area contributed by atoms with Gasteiger partial charge in [-0.05, 0) is 63.3 Å². The summed E-state index contributed by atoms with van der Waals surface area (Å²) in [6, 6.07) is 44.4. The first-order valence-corrected chi connectivity index (χ1v) is 13.4. The summed E-state index contributed by atoms with van der Waals surface area (Å²) in [4.78, 5) is 10.4. The summed E-state index contributed by atoms with van der Waals surface area (Å²) >= 11 is 6.37. The summed E-state index contributed by atoms with van der Waals surface area (Å²) in [5.41, 5.74) is 5.95. The third kappa shape index (κ3) is 3.49. The number of benzene rings is 6. The van der Waals surface area contributed by atoms with Crippen LogP contribution < -0.4 is 0 Å². The van der Waals surface area contributed by atoms with Gasteiger partial charge < -0.3 is 0 Å². The molecule has 0 fully saturated rings. The Morgan fingerprint density at radius 1 is 0.462 bits per heavy atom. The minimum Gasteiger partial charge on any atom is -0.248 e. The van der Waals surface area contributed by atoms with Crippen molar-refractivity contribution >= 4 is 65.7 Å². The van der Waals surface area contributed by atoms with E-state index in [4.69, 9.17) is 21.6 Å². The van der Waals surface area contributed by atoms with Crippen molar-refractivity contribution in [3.63, 3.8) is 0 Å². The minimum atomic E-state index is 0.683. The predicted molar refractivity (Wildman–Crippen MR) is 165 cm³/mol. The molecule has 6 aromatic carbocycles. The van der Waals surface area contributed by atoms with Gasteiger partial charge in [0.1, 0.15) is 0 Å². The molecule has 182 valence electrons. The number of hydrogen-bond acceptors (Lipinski definition) is 2. The van der Waals surface area contributed by atoms with Crippen molar-refractivity contribution in [1.29, 1.82) is 0 Å². The summed E-state index contributed by atoms with van der Waals surface area (Å²) in [6.45, 7) is 0. The Morgan fingerprint density at radius 2 is 1.18 bits per heavy atom. The Hall–Kier alpha value is -4.79. The maximum atomic E-state index is 6.37. The molecule has 3 heteroatoms. The molecule has 0 spiro atoms. The van der Waals surface area contributed by atoms with Gasteiger partial charge >= 0.3 is 0 Å². The SMILES string of the molecule is Clc1ccc2c(c1)nc(-c1ccccc1)c1c3ccc(-c4cc5ccccc5c5ccccc45)nc3ccc21. The number of halogens is 1. The Morgan fingerprint density at radius 3 is 2.05 bits per heavy atom. The first-order chi connectivity index (χ1) is 19.2. The second kappa shape index (κ2) is 8.62. The maximum absolute atomic E-state index is 6.37. The van der Waals surface area contributed by atoms with E-state index < -0.39 is 0 Å². The molecule has 0 bridgehead atoms. The number of pyridine rings is 2. The van der Waals surface area contributed by atoms with Crippen LogP contribution in [-0.4, -0.2) is 9.97 Å². The van der Waals surface area contributed by atoms with Crippen LogP contribution in [0, 0.1) is 0 Å². The van der Waals surface area contributed by atoms with Gasteiger partial charge in [0.15, 0.2) is 0 Å². The molecule has 0 radical (unpaired) electrons. The monoisotopic (exact) mass is 516 g/mol. The van der Waals surface area contributed by atoms with Gasteiger partial charge in [0.2, 0.25) is 0 Å². The zero-order valence-corrected chi connectivity index (χ0v) is 21.7. The van der Waals surface area contributed by atoms with E-state index in [-0.39, 0.29) is 0 Å². The average molecular weight is 517 g/mol. The lowest BCUT2D eigenvalue weighted by Gasteiger charge is -2.14. The molecule has 2 heterocycles. The van der Waals surface area contributed by atoms with Crippen molar-refractivity contribution in [3.05, 3.63) is 132 Å². The molecule has 8 aromatic rings. The molecule has 39 heavy (non-hydrogen) atoms. The van der Waals surface area contributed by atoms with Crippen molar-refractivity contribution < 1.29 is 0 Å². The Kier molecular flexibility index (Phi) is 4.91. The fraction of sp³-hybridized carbons (Fsp3) is 0. The van der Waals surface area contributed by atoms with Gasteiger partial charge in [0.05, 0.1) is 22.4 Å². The standard InChI is InChI=1S/C36H21ClN2/c37-24-14-15-28-29-16-18-32-30(35(29)36(39-34(28)21-24)22-8-2-1-3-9-22)17-19-33(38-32)31-20-23-10-4-5-11-25(23)26-12-6-7-13-27(26)31/h1-21H. The number of nitrogens with zero attached hydrogens (tertiary/aromatic N) is 2. The lowest BCUT2D eigenvalue weighted by Crippen LogP contribution is -1.93. The summed E-state index contributed by atoms with van der Waals surface area (Å²) < 4.78 is 0. The molecule has 0 aliphatic rings. The van der Waals surface area contributed by atoms with E-state index in [0.29, 0.717) is 5.02 Å². The van der Waals surface area contributed by atoms with E-state index >= 15 is 0 Å². The molecular weight excluding hydrogens is 496 g/mol. The smallest absolute Gasteiger partial charge is 0.0794 e. The fourth-order valence-corrected chi connectivity index (χ4v) is 6.07. The number of aromatic nitrogens is 2. The largest absolute Gasteiger partial charge is 0.248 e. The minimum absolute atomic E-state index is 0.683. The zero-order valence-electron chi connectivity index (χ0n) is 20.9. The van der Waals surface area contributed by atoms with E-state index in [0.717, 1.165) is 55.1 Å². The van der Waals surface area contributed by atoms with Crippen molar-refractivity contribution in [3.8, 4) is 22.5 Å². The molecule has 0 saturated heterocycles. The highest BCUT2D eigenvalue weighted by Crippen LogP contribution is 2.39. The summed E-state index contributed by atoms with van der Waals surface area (Å²) in [7, 11) is 0. The molecule has 2 aromatic heterocycles. The van der Waals surface area contributed by atoms with Crippen molar-refractivity contribution in [1.82, 2.24) is 9.97 Å². The van der Waals surface area contributed by atoms with Gasteiger partial charge in [-0.3, -0.25) is 0 Å². The molecule has 0 amide bonds. The third-order valence-corrected chi connectivity index (χ3v) is 7.92. The van der Waals surface area contributed by atoms with Gasteiger partial charge in [0.25, 0.3) is 0 Å². The second-order valence-corrected chi connectivity index (χ2v) is 10.4. The Bertz CT molecular complexity index is 2240. The second-order valence-electron chi connectivity index (χ2n) is 9.93. The van der Waals surface area contributed by atoms with Crippen molar-refractivity contribution in [2.45, 2.75) is 0 Å². The van der Waals surface area contributed by atoms with Gasteiger partial charge in [0, 0.05) is 32.3 Å². The van der Waals surface area contributed by atoms with E-state index in [1.165, 1.54) is 21.5 Å². The van der Waals surface area contributed by atoms with Gasteiger partial charge in [-0.1, -0.05) is 103 Å². The van der Waals surface area contributed by atoms with Crippen LogP contribution >= 0.6 is 11.6 Å².